The van der Waals surface area contributed by atoms with Gasteiger partial charge in [0.15, 0.2) is 0 Å². The maximum Gasteiger partial charge on any atom is 0.225 e. The normalized spacial score (nSPS) is 23.3. The topological polar surface area (TPSA) is 48.1 Å². The molecule has 1 saturated carbocycles. The van der Waals surface area contributed by atoms with Gasteiger partial charge in [-0.25, -0.2) is 0 Å². The van der Waals surface area contributed by atoms with Gasteiger partial charge in [0.1, 0.15) is 0 Å². The van der Waals surface area contributed by atoms with E-state index >= 15 is 0 Å². The number of hydrogen-bond donors (Lipinski definition) is 2. The average Bonchev–Trinajstić information content (AvgIpc) is 2.97. The van der Waals surface area contributed by atoms with Crippen LogP contribution >= 0.6 is 0 Å². The van der Waals surface area contributed by atoms with Crippen LogP contribution in [0.4, 0.5) is 0 Å². The molecule has 1 aliphatic rings. The fourth-order valence-electron chi connectivity index (χ4n) is 2.86. The summed E-state index contributed by atoms with van der Waals surface area (Å²) in [6.45, 7) is 0.797. The summed E-state index contributed by atoms with van der Waals surface area (Å²) in [5.41, 5.74) is 1.19. The van der Waals surface area contributed by atoms with E-state index in [4.69, 9.17) is 0 Å². The first-order valence-electron chi connectivity index (χ1n) is 7.25. The molecule has 1 aliphatic carbocycles. The molecule has 1 amide bonds. The Balaban J connectivity index is 1.76. The first-order chi connectivity index (χ1) is 9.20. The number of likely N-dealkylation sites (N-methyl/N-ethyl adjacent to an activating group) is 1. The number of carbonyl (C=O) groups is 1. The van der Waals surface area contributed by atoms with Crippen LogP contribution in [0.3, 0.4) is 0 Å². The van der Waals surface area contributed by atoms with E-state index in [1.807, 2.05) is 31.3 Å². The number of carbonyl (C=O) groups excluding carboxylic acids is 1. The van der Waals surface area contributed by atoms with E-state index in [9.17, 15) is 4.79 Å². The van der Waals surface area contributed by atoms with Gasteiger partial charge in [-0.3, -0.25) is 4.79 Å². The zero-order valence-corrected chi connectivity index (χ0v) is 12.0. The third-order valence-electron chi connectivity index (χ3n) is 4.24. The Kier molecular flexibility index (Phi) is 5.02. The molecule has 0 aromatic carbocycles. The molecular formula is C15H25N3O. The summed E-state index contributed by atoms with van der Waals surface area (Å²) in [7, 11) is 3.94. The van der Waals surface area contributed by atoms with Gasteiger partial charge in [0.2, 0.25) is 5.91 Å². The number of H-pyrrole nitrogens is 1. The predicted molar refractivity (Wildman–Crippen MR) is 76.9 cm³/mol. The molecule has 0 aliphatic heterocycles. The fraction of sp³-hybridized carbons (Fsp3) is 0.667. The molecule has 1 aromatic rings. The summed E-state index contributed by atoms with van der Waals surface area (Å²) in [6, 6.07) is 4.67. The molecule has 0 saturated heterocycles. The van der Waals surface area contributed by atoms with E-state index in [1.165, 1.54) is 5.69 Å². The maximum absolute atomic E-state index is 12.3. The zero-order chi connectivity index (χ0) is 13.7. The third-order valence-corrected chi connectivity index (χ3v) is 4.24. The number of rotatable bonds is 5. The molecule has 1 fully saturated rings. The van der Waals surface area contributed by atoms with E-state index in [0.717, 1.165) is 38.6 Å². The second-order valence-electron chi connectivity index (χ2n) is 5.54. The van der Waals surface area contributed by atoms with Crippen molar-refractivity contribution >= 4 is 5.91 Å². The highest BCUT2D eigenvalue weighted by molar-refractivity contribution is 5.78. The Morgan fingerprint density at radius 3 is 2.74 bits per heavy atom. The summed E-state index contributed by atoms with van der Waals surface area (Å²) >= 11 is 0. The molecule has 19 heavy (non-hydrogen) atoms. The summed E-state index contributed by atoms with van der Waals surface area (Å²) in [6.07, 6.45) is 7.13. The van der Waals surface area contributed by atoms with Gasteiger partial charge in [-0.1, -0.05) is 0 Å². The van der Waals surface area contributed by atoms with E-state index < -0.39 is 0 Å². The van der Waals surface area contributed by atoms with Crippen molar-refractivity contribution < 1.29 is 4.79 Å². The number of nitrogens with one attached hydrogen (secondary N) is 2. The van der Waals surface area contributed by atoms with Crippen molar-refractivity contribution in [3.8, 4) is 0 Å². The average molecular weight is 263 g/mol. The number of aromatic nitrogens is 1. The maximum atomic E-state index is 12.3. The molecule has 1 aromatic heterocycles. The van der Waals surface area contributed by atoms with E-state index in [0.29, 0.717) is 11.9 Å². The minimum atomic E-state index is 0.234. The molecule has 0 unspecified atom stereocenters. The standard InChI is InChI=1S/C15H25N3O/c1-16-13-7-5-12(6-8-13)15(19)18(2)11-9-14-4-3-10-17-14/h3-4,10,12-13,16-17H,5-9,11H2,1-2H3. The molecule has 2 N–H and O–H groups in total. The van der Waals surface area contributed by atoms with Crippen LogP contribution in [-0.4, -0.2) is 42.5 Å². The van der Waals surface area contributed by atoms with Crippen molar-refractivity contribution in [2.45, 2.75) is 38.1 Å². The van der Waals surface area contributed by atoms with Crippen molar-refractivity contribution in [1.82, 2.24) is 15.2 Å². The number of aromatic amines is 1. The van der Waals surface area contributed by atoms with Crippen molar-refractivity contribution in [3.63, 3.8) is 0 Å². The Morgan fingerprint density at radius 1 is 1.42 bits per heavy atom. The van der Waals surface area contributed by atoms with Crippen LogP contribution in [0.15, 0.2) is 18.3 Å². The molecule has 1 heterocycles. The van der Waals surface area contributed by atoms with E-state index in [1.54, 1.807) is 0 Å². The quantitative estimate of drug-likeness (QED) is 0.851. The summed E-state index contributed by atoms with van der Waals surface area (Å²) in [4.78, 5) is 17.4. The van der Waals surface area contributed by atoms with Crippen molar-refractivity contribution in [2.75, 3.05) is 20.6 Å². The smallest absolute Gasteiger partial charge is 0.225 e. The number of hydrogen-bond acceptors (Lipinski definition) is 2. The van der Waals surface area contributed by atoms with Crippen molar-refractivity contribution in [1.29, 1.82) is 0 Å². The highest BCUT2D eigenvalue weighted by Gasteiger charge is 2.27. The van der Waals surface area contributed by atoms with E-state index in [2.05, 4.69) is 16.4 Å². The molecule has 106 valence electrons. The monoisotopic (exact) mass is 263 g/mol. The van der Waals surface area contributed by atoms with Crippen LogP contribution in [0.1, 0.15) is 31.4 Å². The van der Waals surface area contributed by atoms with Gasteiger partial charge in [0.05, 0.1) is 0 Å². The predicted octanol–water partition coefficient (Wildman–Crippen LogP) is 1.79. The minimum Gasteiger partial charge on any atom is -0.365 e. The lowest BCUT2D eigenvalue weighted by Crippen LogP contribution is -2.39. The largest absolute Gasteiger partial charge is 0.365 e. The molecule has 0 radical (unpaired) electrons. The van der Waals surface area contributed by atoms with E-state index in [-0.39, 0.29) is 5.92 Å². The number of nitrogens with zero attached hydrogens (tertiary/aromatic N) is 1. The minimum absolute atomic E-state index is 0.234. The lowest BCUT2D eigenvalue weighted by atomic mass is 9.85. The second kappa shape index (κ2) is 6.75. The van der Waals surface area contributed by atoms with Gasteiger partial charge < -0.3 is 15.2 Å². The van der Waals surface area contributed by atoms with Crippen LogP contribution in [0, 0.1) is 5.92 Å². The van der Waals surface area contributed by atoms with Gasteiger partial charge >= 0.3 is 0 Å². The Bertz CT molecular complexity index is 380. The summed E-state index contributed by atoms with van der Waals surface area (Å²) in [5, 5.41) is 3.31. The molecule has 4 heteroatoms. The summed E-state index contributed by atoms with van der Waals surface area (Å²) < 4.78 is 0. The van der Waals surface area contributed by atoms with Gasteiger partial charge in [-0.2, -0.15) is 0 Å². The summed E-state index contributed by atoms with van der Waals surface area (Å²) in [5.74, 6) is 0.555. The first-order valence-corrected chi connectivity index (χ1v) is 7.25. The van der Waals surface area contributed by atoms with Crippen LogP contribution in [0.5, 0.6) is 0 Å². The third kappa shape index (κ3) is 3.83. The first kappa shape index (κ1) is 14.1. The van der Waals surface area contributed by atoms with Crippen molar-refractivity contribution in [2.24, 2.45) is 5.92 Å². The van der Waals surface area contributed by atoms with Gasteiger partial charge in [-0.05, 0) is 44.9 Å². The van der Waals surface area contributed by atoms with Gasteiger partial charge in [0.25, 0.3) is 0 Å². The Hall–Kier alpha value is -1.29. The molecule has 4 nitrogen and oxygen atoms in total. The highest BCUT2D eigenvalue weighted by Crippen LogP contribution is 2.25. The molecule has 2 rings (SSSR count). The molecule has 0 atom stereocenters. The van der Waals surface area contributed by atoms with Gasteiger partial charge in [-0.15, -0.1) is 0 Å². The Labute approximate surface area is 115 Å². The van der Waals surface area contributed by atoms with Crippen LogP contribution < -0.4 is 5.32 Å². The van der Waals surface area contributed by atoms with Crippen LogP contribution in [-0.2, 0) is 11.2 Å². The molecule has 0 bridgehead atoms. The zero-order valence-electron chi connectivity index (χ0n) is 12.0. The fourth-order valence-corrected chi connectivity index (χ4v) is 2.86. The number of amides is 1. The SMILES string of the molecule is CNC1CCC(C(=O)N(C)CCc2ccc[nH]2)CC1. The van der Waals surface area contributed by atoms with Crippen molar-refractivity contribution in [3.05, 3.63) is 24.0 Å². The molecule has 0 spiro atoms. The Morgan fingerprint density at radius 2 is 2.16 bits per heavy atom. The lowest BCUT2D eigenvalue weighted by molar-refractivity contribution is -0.135. The van der Waals surface area contributed by atoms with Gasteiger partial charge in [0, 0.05) is 43.9 Å². The van der Waals surface area contributed by atoms with Crippen LogP contribution in [0.2, 0.25) is 0 Å². The lowest BCUT2D eigenvalue weighted by Gasteiger charge is -2.30. The second-order valence-corrected chi connectivity index (χ2v) is 5.54. The molecular weight excluding hydrogens is 238 g/mol. The highest BCUT2D eigenvalue weighted by atomic mass is 16.2. The van der Waals surface area contributed by atoms with Crippen LogP contribution in [0.25, 0.3) is 0 Å².